The van der Waals surface area contributed by atoms with Crippen molar-refractivity contribution in [2.75, 3.05) is 6.61 Å². The second kappa shape index (κ2) is 6.45. The van der Waals surface area contributed by atoms with E-state index in [2.05, 4.69) is 13.2 Å². The SMILES string of the molecule is C=COCC(=C)C(=O)OCc1ccccc1. The fraction of sp³-hybridized carbons (Fsp3) is 0.154. The highest BCUT2D eigenvalue weighted by Gasteiger charge is 2.08. The Morgan fingerprint density at radius 1 is 1.31 bits per heavy atom. The van der Waals surface area contributed by atoms with Gasteiger partial charge in [0.25, 0.3) is 0 Å². The molecule has 1 rings (SSSR count). The summed E-state index contributed by atoms with van der Waals surface area (Å²) in [5.74, 6) is -0.453. The Labute approximate surface area is 95.0 Å². The van der Waals surface area contributed by atoms with Crippen LogP contribution in [0.5, 0.6) is 0 Å². The van der Waals surface area contributed by atoms with Crippen molar-refractivity contribution >= 4 is 5.97 Å². The molecule has 0 fully saturated rings. The molecule has 0 N–H and O–H groups in total. The molecule has 1 aromatic rings. The first kappa shape index (κ1) is 12.0. The maximum atomic E-state index is 11.4. The summed E-state index contributed by atoms with van der Waals surface area (Å²) in [5, 5.41) is 0. The van der Waals surface area contributed by atoms with Crippen LogP contribution in [-0.4, -0.2) is 12.6 Å². The monoisotopic (exact) mass is 218 g/mol. The standard InChI is InChI=1S/C13H14O3/c1-3-15-9-11(2)13(14)16-10-12-7-5-4-6-8-12/h3-8H,1-2,9-10H2. The van der Waals surface area contributed by atoms with Gasteiger partial charge >= 0.3 is 5.97 Å². The van der Waals surface area contributed by atoms with Crippen LogP contribution >= 0.6 is 0 Å². The zero-order valence-corrected chi connectivity index (χ0v) is 9.02. The van der Waals surface area contributed by atoms with Crippen molar-refractivity contribution in [2.45, 2.75) is 6.61 Å². The first-order valence-corrected chi connectivity index (χ1v) is 4.85. The van der Waals surface area contributed by atoms with Gasteiger partial charge in [0.2, 0.25) is 0 Å². The minimum absolute atomic E-state index is 0.108. The van der Waals surface area contributed by atoms with Gasteiger partial charge in [-0.05, 0) is 5.56 Å². The lowest BCUT2D eigenvalue weighted by atomic mass is 10.2. The molecule has 0 aliphatic heterocycles. The van der Waals surface area contributed by atoms with E-state index < -0.39 is 5.97 Å². The van der Waals surface area contributed by atoms with Crippen LogP contribution < -0.4 is 0 Å². The number of ether oxygens (including phenoxy) is 2. The third-order valence-electron chi connectivity index (χ3n) is 1.88. The molecule has 16 heavy (non-hydrogen) atoms. The molecule has 0 bridgehead atoms. The van der Waals surface area contributed by atoms with Crippen LogP contribution in [0.3, 0.4) is 0 Å². The average molecular weight is 218 g/mol. The number of esters is 1. The molecule has 0 spiro atoms. The minimum atomic E-state index is -0.453. The van der Waals surface area contributed by atoms with Crippen LogP contribution in [0.2, 0.25) is 0 Å². The molecule has 0 unspecified atom stereocenters. The Bertz CT molecular complexity index is 368. The molecule has 0 saturated carbocycles. The fourth-order valence-corrected chi connectivity index (χ4v) is 1.04. The van der Waals surface area contributed by atoms with Gasteiger partial charge in [-0.15, -0.1) is 0 Å². The summed E-state index contributed by atoms with van der Waals surface area (Å²) in [6, 6.07) is 9.45. The number of hydrogen-bond donors (Lipinski definition) is 0. The maximum Gasteiger partial charge on any atom is 0.337 e. The average Bonchev–Trinajstić information content (AvgIpc) is 2.34. The van der Waals surface area contributed by atoms with E-state index in [1.807, 2.05) is 30.3 Å². The smallest absolute Gasteiger partial charge is 0.337 e. The Hall–Kier alpha value is -2.03. The predicted molar refractivity (Wildman–Crippen MR) is 61.5 cm³/mol. The third kappa shape index (κ3) is 4.00. The lowest BCUT2D eigenvalue weighted by Gasteiger charge is -2.06. The first-order chi connectivity index (χ1) is 7.74. The summed E-state index contributed by atoms with van der Waals surface area (Å²) >= 11 is 0. The van der Waals surface area contributed by atoms with Gasteiger partial charge in [-0.2, -0.15) is 0 Å². The van der Waals surface area contributed by atoms with Crippen molar-refractivity contribution in [1.29, 1.82) is 0 Å². The normalized spacial score (nSPS) is 9.25. The van der Waals surface area contributed by atoms with Gasteiger partial charge in [-0.3, -0.25) is 0 Å². The summed E-state index contributed by atoms with van der Waals surface area (Å²) in [5.41, 5.74) is 1.21. The van der Waals surface area contributed by atoms with Crippen molar-refractivity contribution in [3.05, 3.63) is 60.9 Å². The molecule has 0 aromatic heterocycles. The van der Waals surface area contributed by atoms with E-state index in [1.54, 1.807) is 0 Å². The molecule has 0 heterocycles. The van der Waals surface area contributed by atoms with Crippen LogP contribution in [0.1, 0.15) is 5.56 Å². The summed E-state index contributed by atoms with van der Waals surface area (Å²) in [7, 11) is 0. The van der Waals surface area contributed by atoms with Crippen LogP contribution in [-0.2, 0) is 20.9 Å². The molecule has 1 aromatic carbocycles. The molecule has 3 nitrogen and oxygen atoms in total. The Kier molecular flexibility index (Phi) is 4.86. The largest absolute Gasteiger partial charge is 0.497 e. The van der Waals surface area contributed by atoms with E-state index in [4.69, 9.17) is 9.47 Å². The lowest BCUT2D eigenvalue weighted by Crippen LogP contribution is -2.10. The van der Waals surface area contributed by atoms with Gasteiger partial charge in [-0.25, -0.2) is 4.79 Å². The van der Waals surface area contributed by atoms with Gasteiger partial charge in [0.1, 0.15) is 13.2 Å². The lowest BCUT2D eigenvalue weighted by molar-refractivity contribution is -0.140. The molecule has 0 atom stereocenters. The molecular weight excluding hydrogens is 204 g/mol. The van der Waals surface area contributed by atoms with E-state index >= 15 is 0 Å². The number of benzene rings is 1. The zero-order chi connectivity index (χ0) is 11.8. The fourth-order valence-electron chi connectivity index (χ4n) is 1.04. The molecule has 0 saturated heterocycles. The van der Waals surface area contributed by atoms with Gasteiger partial charge < -0.3 is 9.47 Å². The van der Waals surface area contributed by atoms with Crippen LogP contribution in [0.15, 0.2) is 55.3 Å². The van der Waals surface area contributed by atoms with Crippen LogP contribution in [0.4, 0.5) is 0 Å². The maximum absolute atomic E-state index is 11.4. The summed E-state index contributed by atoms with van der Waals surface area (Å²) < 4.78 is 9.87. The van der Waals surface area contributed by atoms with E-state index in [0.29, 0.717) is 0 Å². The van der Waals surface area contributed by atoms with E-state index in [-0.39, 0.29) is 18.8 Å². The number of carbonyl (C=O) groups excluding carboxylic acids is 1. The molecule has 0 radical (unpaired) electrons. The quantitative estimate of drug-likeness (QED) is 0.418. The predicted octanol–water partition coefficient (Wildman–Crippen LogP) is 2.45. The highest BCUT2D eigenvalue weighted by molar-refractivity contribution is 5.87. The van der Waals surface area contributed by atoms with Crippen molar-refractivity contribution < 1.29 is 14.3 Å². The minimum Gasteiger partial charge on any atom is -0.497 e. The van der Waals surface area contributed by atoms with E-state index in [0.717, 1.165) is 5.56 Å². The number of carbonyl (C=O) groups is 1. The van der Waals surface area contributed by atoms with E-state index in [9.17, 15) is 4.79 Å². The molecule has 0 amide bonds. The second-order valence-corrected chi connectivity index (χ2v) is 3.14. The highest BCUT2D eigenvalue weighted by Crippen LogP contribution is 2.03. The van der Waals surface area contributed by atoms with Gasteiger partial charge in [0, 0.05) is 0 Å². The first-order valence-electron chi connectivity index (χ1n) is 4.85. The van der Waals surface area contributed by atoms with Gasteiger partial charge in [0.15, 0.2) is 0 Å². The van der Waals surface area contributed by atoms with Gasteiger partial charge in [0.05, 0.1) is 11.8 Å². The second-order valence-electron chi connectivity index (χ2n) is 3.14. The zero-order valence-electron chi connectivity index (χ0n) is 9.02. The summed E-state index contributed by atoms with van der Waals surface area (Å²) in [6.07, 6.45) is 1.26. The van der Waals surface area contributed by atoms with Crippen molar-refractivity contribution in [1.82, 2.24) is 0 Å². The van der Waals surface area contributed by atoms with Crippen molar-refractivity contribution in [3.8, 4) is 0 Å². The van der Waals surface area contributed by atoms with E-state index in [1.165, 1.54) is 6.26 Å². The molecule has 0 aliphatic carbocycles. The number of hydrogen-bond acceptors (Lipinski definition) is 3. The Balaban J connectivity index is 2.35. The molecular formula is C13H14O3. The van der Waals surface area contributed by atoms with Crippen LogP contribution in [0.25, 0.3) is 0 Å². The topological polar surface area (TPSA) is 35.5 Å². The van der Waals surface area contributed by atoms with Crippen LogP contribution in [0, 0.1) is 0 Å². The highest BCUT2D eigenvalue weighted by atomic mass is 16.5. The summed E-state index contributed by atoms with van der Waals surface area (Å²) in [4.78, 5) is 11.4. The molecule has 0 aliphatic rings. The molecule has 3 heteroatoms. The van der Waals surface area contributed by atoms with Crippen molar-refractivity contribution in [2.24, 2.45) is 0 Å². The number of rotatable bonds is 6. The van der Waals surface area contributed by atoms with Crippen molar-refractivity contribution in [3.63, 3.8) is 0 Å². The third-order valence-corrected chi connectivity index (χ3v) is 1.88. The molecule has 84 valence electrons. The Morgan fingerprint density at radius 3 is 2.62 bits per heavy atom. The summed E-state index contributed by atoms with van der Waals surface area (Å²) in [6.45, 7) is 7.28. The van der Waals surface area contributed by atoms with Gasteiger partial charge in [-0.1, -0.05) is 43.5 Å². The Morgan fingerprint density at radius 2 is 2.00 bits per heavy atom.